The molecule has 0 saturated carbocycles. The third kappa shape index (κ3) is 3.65. The van der Waals surface area contributed by atoms with Crippen LogP contribution in [-0.4, -0.2) is 35.7 Å². The Morgan fingerprint density at radius 3 is 2.96 bits per heavy atom. The molecule has 8 heteroatoms. The van der Waals surface area contributed by atoms with Crippen molar-refractivity contribution in [1.29, 1.82) is 0 Å². The predicted octanol–water partition coefficient (Wildman–Crippen LogP) is 2.01. The number of hydrogen-bond acceptors (Lipinski definition) is 5. The molecule has 0 radical (unpaired) electrons. The molecule has 0 unspecified atom stereocenters. The number of nitrogens with zero attached hydrogens (tertiary/aromatic N) is 6. The summed E-state index contributed by atoms with van der Waals surface area (Å²) in [6.45, 7) is 4.78. The standard InChI is InChI=1S/C16H19N7O/c1-12(2)16-17-7-9-22(16)8-6-15(24)19-13-4-3-5-14(10-13)23-11-18-20-21-23/h3-5,7,9-12H,6,8H2,1-2H3,(H,19,24). The first-order chi connectivity index (χ1) is 11.6. The Bertz CT molecular complexity index is 807. The number of tetrazole rings is 1. The van der Waals surface area contributed by atoms with Crippen molar-refractivity contribution in [1.82, 2.24) is 29.8 Å². The highest BCUT2D eigenvalue weighted by Gasteiger charge is 2.09. The normalized spacial score (nSPS) is 11.0. The molecule has 0 aliphatic heterocycles. The second-order valence-corrected chi connectivity index (χ2v) is 5.74. The fourth-order valence-electron chi connectivity index (χ4n) is 2.46. The molecule has 1 N–H and O–H groups in total. The maximum Gasteiger partial charge on any atom is 0.226 e. The second kappa shape index (κ2) is 7.03. The van der Waals surface area contributed by atoms with E-state index >= 15 is 0 Å². The summed E-state index contributed by atoms with van der Waals surface area (Å²) in [5.41, 5.74) is 1.50. The minimum atomic E-state index is -0.0488. The van der Waals surface area contributed by atoms with Crippen LogP contribution in [-0.2, 0) is 11.3 Å². The van der Waals surface area contributed by atoms with E-state index in [1.807, 2.05) is 35.0 Å². The van der Waals surface area contributed by atoms with Crippen molar-refractivity contribution >= 4 is 11.6 Å². The summed E-state index contributed by atoms with van der Waals surface area (Å²) in [6, 6.07) is 7.37. The molecule has 3 aromatic rings. The summed E-state index contributed by atoms with van der Waals surface area (Å²) in [5, 5.41) is 13.9. The fourth-order valence-corrected chi connectivity index (χ4v) is 2.46. The molecule has 0 aliphatic rings. The zero-order chi connectivity index (χ0) is 16.9. The molecule has 24 heavy (non-hydrogen) atoms. The molecule has 0 aliphatic carbocycles. The maximum atomic E-state index is 12.2. The Kier molecular flexibility index (Phi) is 4.64. The van der Waals surface area contributed by atoms with Gasteiger partial charge in [0.05, 0.1) is 5.69 Å². The minimum absolute atomic E-state index is 0.0488. The number of aromatic nitrogens is 6. The van der Waals surface area contributed by atoms with Gasteiger partial charge in [-0.25, -0.2) is 9.67 Å². The van der Waals surface area contributed by atoms with Gasteiger partial charge in [-0.05, 0) is 28.6 Å². The van der Waals surface area contributed by atoms with Gasteiger partial charge in [-0.2, -0.15) is 0 Å². The molecule has 1 amide bonds. The van der Waals surface area contributed by atoms with E-state index in [-0.39, 0.29) is 5.91 Å². The van der Waals surface area contributed by atoms with Gasteiger partial charge < -0.3 is 9.88 Å². The topological polar surface area (TPSA) is 90.5 Å². The molecular formula is C16H19N7O. The van der Waals surface area contributed by atoms with Gasteiger partial charge in [-0.1, -0.05) is 19.9 Å². The van der Waals surface area contributed by atoms with Crippen LogP contribution in [0.3, 0.4) is 0 Å². The van der Waals surface area contributed by atoms with Crippen molar-refractivity contribution in [2.45, 2.75) is 32.7 Å². The van der Waals surface area contributed by atoms with Gasteiger partial charge in [0.2, 0.25) is 5.91 Å². The molecule has 2 heterocycles. The monoisotopic (exact) mass is 325 g/mol. The molecular weight excluding hydrogens is 306 g/mol. The fraction of sp³-hybridized carbons (Fsp3) is 0.312. The number of carbonyl (C=O) groups excluding carboxylic acids is 1. The van der Waals surface area contributed by atoms with Crippen molar-refractivity contribution in [3.63, 3.8) is 0 Å². The largest absolute Gasteiger partial charge is 0.334 e. The molecule has 0 spiro atoms. The van der Waals surface area contributed by atoms with Crippen molar-refractivity contribution in [3.05, 3.63) is 48.8 Å². The first-order valence-corrected chi connectivity index (χ1v) is 7.78. The number of hydrogen-bond donors (Lipinski definition) is 1. The molecule has 124 valence electrons. The third-order valence-electron chi connectivity index (χ3n) is 3.59. The van der Waals surface area contributed by atoms with E-state index in [0.29, 0.717) is 24.6 Å². The average molecular weight is 325 g/mol. The summed E-state index contributed by atoms with van der Waals surface area (Å²) in [4.78, 5) is 16.5. The SMILES string of the molecule is CC(C)c1nccn1CCC(=O)Nc1cccc(-n2cnnn2)c1. The van der Waals surface area contributed by atoms with Crippen LogP contribution in [0.25, 0.3) is 5.69 Å². The summed E-state index contributed by atoms with van der Waals surface area (Å²) in [6.07, 6.45) is 5.56. The van der Waals surface area contributed by atoms with Gasteiger partial charge in [0.15, 0.2) is 0 Å². The van der Waals surface area contributed by atoms with Gasteiger partial charge in [-0.3, -0.25) is 4.79 Å². The van der Waals surface area contributed by atoms with Crippen LogP contribution in [0.15, 0.2) is 43.0 Å². The first-order valence-electron chi connectivity index (χ1n) is 7.78. The lowest BCUT2D eigenvalue weighted by Crippen LogP contribution is -2.15. The second-order valence-electron chi connectivity index (χ2n) is 5.74. The maximum absolute atomic E-state index is 12.2. The molecule has 1 aromatic carbocycles. The number of benzene rings is 1. The van der Waals surface area contributed by atoms with E-state index in [9.17, 15) is 4.79 Å². The molecule has 0 fully saturated rings. The Labute approximate surface area is 139 Å². The number of amides is 1. The van der Waals surface area contributed by atoms with Crippen LogP contribution in [0.5, 0.6) is 0 Å². The minimum Gasteiger partial charge on any atom is -0.334 e. The lowest BCUT2D eigenvalue weighted by Gasteiger charge is -2.11. The highest BCUT2D eigenvalue weighted by atomic mass is 16.1. The molecule has 2 aromatic heterocycles. The molecule has 3 rings (SSSR count). The summed E-state index contributed by atoms with van der Waals surface area (Å²) >= 11 is 0. The van der Waals surface area contributed by atoms with Gasteiger partial charge >= 0.3 is 0 Å². The van der Waals surface area contributed by atoms with E-state index in [1.54, 1.807) is 6.20 Å². The molecule has 8 nitrogen and oxygen atoms in total. The number of carbonyl (C=O) groups is 1. The molecule has 0 atom stereocenters. The van der Waals surface area contributed by atoms with Gasteiger partial charge in [0.25, 0.3) is 0 Å². The Hall–Kier alpha value is -3.03. The highest BCUT2D eigenvalue weighted by molar-refractivity contribution is 5.90. The van der Waals surface area contributed by atoms with E-state index in [2.05, 4.69) is 39.7 Å². The van der Waals surface area contributed by atoms with Crippen LogP contribution in [0, 0.1) is 0 Å². The van der Waals surface area contributed by atoms with Crippen LogP contribution >= 0.6 is 0 Å². The average Bonchev–Trinajstić information content (AvgIpc) is 3.24. The third-order valence-corrected chi connectivity index (χ3v) is 3.59. The van der Waals surface area contributed by atoms with Crippen LogP contribution < -0.4 is 5.32 Å². The lowest BCUT2D eigenvalue weighted by atomic mass is 10.2. The van der Waals surface area contributed by atoms with Crippen LogP contribution in [0.4, 0.5) is 5.69 Å². The summed E-state index contributed by atoms with van der Waals surface area (Å²) < 4.78 is 3.55. The van der Waals surface area contributed by atoms with E-state index in [1.165, 1.54) is 11.0 Å². The van der Waals surface area contributed by atoms with Crippen molar-refractivity contribution < 1.29 is 4.79 Å². The first kappa shape index (κ1) is 15.9. The van der Waals surface area contributed by atoms with Crippen LogP contribution in [0.2, 0.25) is 0 Å². The molecule has 0 saturated heterocycles. The smallest absolute Gasteiger partial charge is 0.226 e. The Morgan fingerprint density at radius 1 is 1.33 bits per heavy atom. The zero-order valence-electron chi connectivity index (χ0n) is 13.6. The number of imidazole rings is 1. The predicted molar refractivity (Wildman–Crippen MR) is 88.7 cm³/mol. The Balaban J connectivity index is 1.61. The van der Waals surface area contributed by atoms with Crippen molar-refractivity contribution in [2.24, 2.45) is 0 Å². The summed E-state index contributed by atoms with van der Waals surface area (Å²) in [7, 11) is 0. The highest BCUT2D eigenvalue weighted by Crippen LogP contribution is 2.15. The number of rotatable bonds is 6. The number of aryl methyl sites for hydroxylation is 1. The number of nitrogens with one attached hydrogen (secondary N) is 1. The quantitative estimate of drug-likeness (QED) is 0.748. The van der Waals surface area contributed by atoms with E-state index in [4.69, 9.17) is 0 Å². The van der Waals surface area contributed by atoms with E-state index < -0.39 is 0 Å². The summed E-state index contributed by atoms with van der Waals surface area (Å²) in [5.74, 6) is 1.27. The molecule has 0 bridgehead atoms. The lowest BCUT2D eigenvalue weighted by molar-refractivity contribution is -0.116. The zero-order valence-corrected chi connectivity index (χ0v) is 13.6. The van der Waals surface area contributed by atoms with Crippen LogP contribution in [0.1, 0.15) is 32.0 Å². The van der Waals surface area contributed by atoms with Crippen molar-refractivity contribution in [2.75, 3.05) is 5.32 Å². The van der Waals surface area contributed by atoms with Gasteiger partial charge in [0.1, 0.15) is 12.2 Å². The Morgan fingerprint density at radius 2 is 2.21 bits per heavy atom. The number of anilines is 1. The van der Waals surface area contributed by atoms with E-state index in [0.717, 1.165) is 11.5 Å². The van der Waals surface area contributed by atoms with Crippen molar-refractivity contribution in [3.8, 4) is 5.69 Å². The van der Waals surface area contributed by atoms with Gasteiger partial charge in [0, 0.05) is 37.0 Å². The van der Waals surface area contributed by atoms with Gasteiger partial charge in [-0.15, -0.1) is 5.10 Å².